The molecule has 6 heteroatoms. The highest BCUT2D eigenvalue weighted by Crippen LogP contribution is 2.13. The molecule has 4 nitrogen and oxygen atoms in total. The van der Waals surface area contributed by atoms with E-state index in [-0.39, 0.29) is 10.0 Å². The summed E-state index contributed by atoms with van der Waals surface area (Å²) in [6.45, 7) is 1.93. The Morgan fingerprint density at radius 3 is 2.88 bits per heavy atom. The van der Waals surface area contributed by atoms with Gasteiger partial charge in [-0.3, -0.25) is 0 Å². The van der Waals surface area contributed by atoms with Gasteiger partial charge >= 0.3 is 0 Å². The number of sulfonamides is 1. The van der Waals surface area contributed by atoms with Crippen molar-refractivity contribution in [2.24, 2.45) is 0 Å². The van der Waals surface area contributed by atoms with Gasteiger partial charge in [-0.2, -0.15) is 4.72 Å². The van der Waals surface area contributed by atoms with E-state index >= 15 is 0 Å². The van der Waals surface area contributed by atoms with Crippen molar-refractivity contribution in [1.29, 1.82) is 0 Å². The highest BCUT2D eigenvalue weighted by molar-refractivity contribution is 7.89. The van der Waals surface area contributed by atoms with Crippen molar-refractivity contribution in [1.82, 2.24) is 9.71 Å². The first kappa shape index (κ1) is 14.0. The summed E-state index contributed by atoms with van der Waals surface area (Å²) >= 11 is 5.64. The normalized spacial score (nSPS) is 13.0. The van der Waals surface area contributed by atoms with Crippen LogP contribution in [0.15, 0.2) is 23.2 Å². The van der Waals surface area contributed by atoms with Crippen LogP contribution in [0.4, 0.5) is 0 Å². The number of hydrogen-bond donors (Lipinski definition) is 1. The van der Waals surface area contributed by atoms with Crippen LogP contribution < -0.4 is 4.72 Å². The minimum Gasteiger partial charge on any atom is -0.244 e. The van der Waals surface area contributed by atoms with E-state index in [2.05, 4.69) is 15.6 Å². The molecule has 1 atom stereocenters. The molecule has 0 spiro atoms. The molecule has 0 saturated heterocycles. The zero-order chi connectivity index (χ0) is 12.9. The summed E-state index contributed by atoms with van der Waals surface area (Å²) in [6.07, 6.45) is 7.99. The third-order valence-corrected chi connectivity index (χ3v) is 3.76. The van der Waals surface area contributed by atoms with Crippen LogP contribution in [0.1, 0.15) is 19.8 Å². The molecule has 17 heavy (non-hydrogen) atoms. The van der Waals surface area contributed by atoms with Crippen molar-refractivity contribution in [3.05, 3.63) is 23.5 Å². The number of terminal acetylenes is 1. The number of halogens is 1. The number of nitrogens with one attached hydrogen (secondary N) is 1. The summed E-state index contributed by atoms with van der Waals surface area (Å²) in [6, 6.07) is 2.15. The first-order valence-electron chi connectivity index (χ1n) is 5.09. The second-order valence-corrected chi connectivity index (χ2v) is 5.54. The largest absolute Gasteiger partial charge is 0.244 e. The fourth-order valence-corrected chi connectivity index (χ4v) is 2.71. The summed E-state index contributed by atoms with van der Waals surface area (Å²) in [7, 11) is -3.63. The molecule has 0 aromatic carbocycles. The second kappa shape index (κ2) is 6.01. The molecule has 1 heterocycles. The Balaban J connectivity index is 2.93. The van der Waals surface area contributed by atoms with Crippen molar-refractivity contribution in [3.8, 4) is 12.3 Å². The summed E-state index contributed by atoms with van der Waals surface area (Å²) in [5, 5.41) is 0.126. The zero-order valence-corrected chi connectivity index (χ0v) is 10.9. The highest BCUT2D eigenvalue weighted by Gasteiger charge is 2.18. The lowest BCUT2D eigenvalue weighted by molar-refractivity contribution is 0.564. The Labute approximate surface area is 106 Å². The van der Waals surface area contributed by atoms with Crippen LogP contribution in [0.5, 0.6) is 0 Å². The number of pyridine rings is 1. The van der Waals surface area contributed by atoms with E-state index in [4.69, 9.17) is 18.0 Å². The standard InChI is InChI=1S/C11H13ClN2O2S/c1-3-5-9(4-2)14-17(15,16)10-6-7-13-11(12)8-10/h2,6-9,14H,3,5H2,1H3. The maximum absolute atomic E-state index is 11.9. The molecule has 0 aliphatic heterocycles. The first-order valence-corrected chi connectivity index (χ1v) is 6.95. The van der Waals surface area contributed by atoms with Gasteiger partial charge < -0.3 is 0 Å². The second-order valence-electron chi connectivity index (χ2n) is 3.44. The zero-order valence-electron chi connectivity index (χ0n) is 9.35. The van der Waals surface area contributed by atoms with Gasteiger partial charge in [0.1, 0.15) is 5.15 Å². The Bertz CT molecular complexity index is 523. The van der Waals surface area contributed by atoms with E-state index in [1.807, 2.05) is 6.92 Å². The quantitative estimate of drug-likeness (QED) is 0.657. The fraction of sp³-hybridized carbons (Fsp3) is 0.364. The number of nitrogens with zero attached hydrogens (tertiary/aromatic N) is 1. The van der Waals surface area contributed by atoms with Crippen molar-refractivity contribution >= 4 is 21.6 Å². The maximum atomic E-state index is 11.9. The van der Waals surface area contributed by atoms with E-state index in [1.54, 1.807) is 0 Å². The van der Waals surface area contributed by atoms with Gasteiger partial charge in [-0.15, -0.1) is 6.42 Å². The smallest absolute Gasteiger partial charge is 0.241 e. The van der Waals surface area contributed by atoms with Crippen molar-refractivity contribution < 1.29 is 8.42 Å². The molecule has 0 saturated carbocycles. The number of hydrogen-bond acceptors (Lipinski definition) is 3. The van der Waals surface area contributed by atoms with Crippen molar-refractivity contribution in [3.63, 3.8) is 0 Å². The van der Waals surface area contributed by atoms with Gasteiger partial charge in [-0.1, -0.05) is 30.9 Å². The topological polar surface area (TPSA) is 59.1 Å². The number of aromatic nitrogens is 1. The molecule has 1 unspecified atom stereocenters. The SMILES string of the molecule is C#CC(CCC)NS(=O)(=O)c1ccnc(Cl)c1. The van der Waals surface area contributed by atoms with E-state index in [0.29, 0.717) is 6.42 Å². The molecule has 1 aromatic rings. The van der Waals surface area contributed by atoms with Crippen LogP contribution in [-0.2, 0) is 10.0 Å². The van der Waals surface area contributed by atoms with Crippen LogP contribution in [0, 0.1) is 12.3 Å². The molecular weight excluding hydrogens is 260 g/mol. The molecule has 0 bridgehead atoms. The molecule has 0 aliphatic carbocycles. The van der Waals surface area contributed by atoms with E-state index in [9.17, 15) is 8.42 Å². The maximum Gasteiger partial charge on any atom is 0.241 e. The van der Waals surface area contributed by atoms with Gasteiger partial charge in [0.15, 0.2) is 0 Å². The van der Waals surface area contributed by atoms with Gasteiger partial charge in [0, 0.05) is 6.20 Å². The average Bonchev–Trinajstić information content (AvgIpc) is 2.28. The molecule has 1 N–H and O–H groups in total. The van der Waals surface area contributed by atoms with Crippen LogP contribution >= 0.6 is 11.6 Å². The molecule has 0 radical (unpaired) electrons. The Kier molecular flexibility index (Phi) is 4.94. The minimum absolute atomic E-state index is 0.0638. The highest BCUT2D eigenvalue weighted by atomic mass is 35.5. The molecule has 0 aliphatic rings. The van der Waals surface area contributed by atoms with Gasteiger partial charge in [-0.25, -0.2) is 13.4 Å². The third-order valence-electron chi connectivity index (χ3n) is 2.08. The summed E-state index contributed by atoms with van der Waals surface area (Å²) in [4.78, 5) is 3.79. The summed E-state index contributed by atoms with van der Waals surface area (Å²) in [5.74, 6) is 2.40. The molecule has 0 fully saturated rings. The Morgan fingerprint density at radius 1 is 1.65 bits per heavy atom. The van der Waals surface area contributed by atoms with Crippen LogP contribution in [0.2, 0.25) is 5.15 Å². The van der Waals surface area contributed by atoms with Gasteiger partial charge in [0.2, 0.25) is 10.0 Å². The monoisotopic (exact) mass is 272 g/mol. The van der Waals surface area contributed by atoms with Gasteiger partial charge in [-0.05, 0) is 18.6 Å². The minimum atomic E-state index is -3.63. The van der Waals surface area contributed by atoms with Crippen molar-refractivity contribution in [2.75, 3.05) is 0 Å². The molecule has 0 amide bonds. The predicted octanol–water partition coefficient (Wildman–Crippen LogP) is 1.82. The van der Waals surface area contributed by atoms with E-state index < -0.39 is 16.1 Å². The van der Waals surface area contributed by atoms with Crippen molar-refractivity contribution in [2.45, 2.75) is 30.7 Å². The summed E-state index contributed by atoms with van der Waals surface area (Å²) in [5.41, 5.74) is 0. The lowest BCUT2D eigenvalue weighted by Crippen LogP contribution is -2.33. The lowest BCUT2D eigenvalue weighted by Gasteiger charge is -2.12. The van der Waals surface area contributed by atoms with Gasteiger partial charge in [0.25, 0.3) is 0 Å². The fourth-order valence-electron chi connectivity index (χ4n) is 1.27. The Hall–Kier alpha value is -1.09. The predicted molar refractivity (Wildman–Crippen MR) is 67.1 cm³/mol. The summed E-state index contributed by atoms with van der Waals surface area (Å²) < 4.78 is 26.3. The molecular formula is C11H13ClN2O2S. The van der Waals surface area contributed by atoms with E-state index in [1.165, 1.54) is 18.3 Å². The van der Waals surface area contributed by atoms with Gasteiger partial charge in [0.05, 0.1) is 10.9 Å². The number of rotatable bonds is 5. The van der Waals surface area contributed by atoms with Crippen LogP contribution in [0.3, 0.4) is 0 Å². The van der Waals surface area contributed by atoms with E-state index in [0.717, 1.165) is 6.42 Å². The first-order chi connectivity index (χ1) is 7.99. The van der Waals surface area contributed by atoms with Crippen LogP contribution in [0.25, 0.3) is 0 Å². The lowest BCUT2D eigenvalue weighted by atomic mass is 10.2. The third kappa shape index (κ3) is 4.00. The molecule has 1 rings (SSSR count). The molecule has 92 valence electrons. The average molecular weight is 273 g/mol. The molecule has 1 aromatic heterocycles. The van der Waals surface area contributed by atoms with Crippen LogP contribution in [-0.4, -0.2) is 19.4 Å². The Morgan fingerprint density at radius 2 is 2.35 bits per heavy atom.